The SMILES string of the molecule is CN(C)c1ccc(CC[C@@H](N)C(=O)S)cc1. The molecule has 0 aliphatic rings. The molecular weight excluding hydrogens is 220 g/mol. The number of nitrogens with zero attached hydrogens (tertiary/aromatic N) is 1. The number of aryl methyl sites for hydroxylation is 1. The normalized spacial score (nSPS) is 12.2. The number of nitrogens with two attached hydrogens (primary N) is 1. The molecule has 0 radical (unpaired) electrons. The van der Waals surface area contributed by atoms with E-state index in [1.165, 1.54) is 11.3 Å². The first-order chi connectivity index (χ1) is 7.50. The number of anilines is 1. The molecule has 1 aromatic carbocycles. The van der Waals surface area contributed by atoms with Gasteiger partial charge in [0.1, 0.15) is 0 Å². The minimum Gasteiger partial charge on any atom is -0.378 e. The predicted octanol–water partition coefficient (Wildman–Crippen LogP) is 1.47. The third-order valence-corrected chi connectivity index (χ3v) is 2.85. The van der Waals surface area contributed by atoms with Gasteiger partial charge >= 0.3 is 0 Å². The van der Waals surface area contributed by atoms with Crippen molar-refractivity contribution in [3.05, 3.63) is 29.8 Å². The van der Waals surface area contributed by atoms with Crippen LogP contribution in [-0.2, 0) is 11.2 Å². The number of benzene rings is 1. The lowest BCUT2D eigenvalue weighted by Gasteiger charge is -2.13. The number of carbonyl (C=O) groups is 1. The minimum atomic E-state index is -0.461. The Kier molecular flexibility index (Phi) is 4.83. The van der Waals surface area contributed by atoms with Crippen molar-refractivity contribution in [2.45, 2.75) is 18.9 Å². The van der Waals surface area contributed by atoms with Gasteiger partial charge in [0, 0.05) is 19.8 Å². The van der Waals surface area contributed by atoms with Crippen molar-refractivity contribution in [3.8, 4) is 0 Å². The van der Waals surface area contributed by atoms with Crippen LogP contribution in [0.3, 0.4) is 0 Å². The number of hydrogen-bond acceptors (Lipinski definition) is 3. The molecule has 0 aromatic heterocycles. The molecule has 1 atom stereocenters. The number of carbonyl (C=O) groups excluding carboxylic acids is 1. The van der Waals surface area contributed by atoms with Crippen LogP contribution in [-0.4, -0.2) is 25.3 Å². The molecule has 0 bridgehead atoms. The topological polar surface area (TPSA) is 46.3 Å². The van der Waals surface area contributed by atoms with Crippen LogP contribution >= 0.6 is 12.6 Å². The van der Waals surface area contributed by atoms with E-state index < -0.39 is 6.04 Å². The zero-order valence-corrected chi connectivity index (χ0v) is 10.6. The average molecular weight is 238 g/mol. The first-order valence-electron chi connectivity index (χ1n) is 5.25. The second kappa shape index (κ2) is 5.92. The van der Waals surface area contributed by atoms with E-state index in [0.717, 1.165) is 6.42 Å². The maximum absolute atomic E-state index is 10.8. The third kappa shape index (κ3) is 3.87. The Morgan fingerprint density at radius 1 is 1.38 bits per heavy atom. The molecule has 0 heterocycles. The van der Waals surface area contributed by atoms with Gasteiger partial charge in [-0.2, -0.15) is 0 Å². The molecule has 1 aromatic rings. The Morgan fingerprint density at radius 3 is 2.38 bits per heavy atom. The second-order valence-corrected chi connectivity index (χ2v) is 4.49. The highest BCUT2D eigenvalue weighted by atomic mass is 32.1. The van der Waals surface area contributed by atoms with Crippen molar-refractivity contribution in [1.82, 2.24) is 0 Å². The van der Waals surface area contributed by atoms with E-state index in [0.29, 0.717) is 6.42 Å². The van der Waals surface area contributed by atoms with Gasteiger partial charge in [0.15, 0.2) is 0 Å². The van der Waals surface area contributed by atoms with Crippen LogP contribution in [0.15, 0.2) is 24.3 Å². The Morgan fingerprint density at radius 2 is 1.94 bits per heavy atom. The monoisotopic (exact) mass is 238 g/mol. The van der Waals surface area contributed by atoms with E-state index in [2.05, 4.69) is 36.9 Å². The molecular formula is C12H18N2OS. The fourth-order valence-electron chi connectivity index (χ4n) is 1.41. The van der Waals surface area contributed by atoms with Gasteiger partial charge in [-0.1, -0.05) is 12.1 Å². The van der Waals surface area contributed by atoms with Crippen LogP contribution in [0.4, 0.5) is 5.69 Å². The van der Waals surface area contributed by atoms with Crippen LogP contribution in [0.2, 0.25) is 0 Å². The summed E-state index contributed by atoms with van der Waals surface area (Å²) in [5, 5.41) is -0.245. The lowest BCUT2D eigenvalue weighted by Crippen LogP contribution is -2.27. The van der Waals surface area contributed by atoms with Gasteiger partial charge in [0.05, 0.1) is 6.04 Å². The summed E-state index contributed by atoms with van der Waals surface area (Å²) >= 11 is 3.71. The minimum absolute atomic E-state index is 0.245. The summed E-state index contributed by atoms with van der Waals surface area (Å²) in [6.45, 7) is 0. The highest BCUT2D eigenvalue weighted by Gasteiger charge is 2.08. The van der Waals surface area contributed by atoms with Crippen molar-refractivity contribution in [1.29, 1.82) is 0 Å². The Bertz CT molecular complexity index is 349. The van der Waals surface area contributed by atoms with Gasteiger partial charge in [0.25, 0.3) is 0 Å². The Hall–Kier alpha value is -1.00. The summed E-state index contributed by atoms with van der Waals surface area (Å²) in [5.74, 6) is 0. The molecule has 0 aliphatic carbocycles. The van der Waals surface area contributed by atoms with Gasteiger partial charge in [-0.3, -0.25) is 4.79 Å². The molecule has 0 aliphatic heterocycles. The van der Waals surface area contributed by atoms with Crippen LogP contribution in [0.1, 0.15) is 12.0 Å². The lowest BCUT2D eigenvalue weighted by molar-refractivity contribution is -0.112. The van der Waals surface area contributed by atoms with E-state index in [1.54, 1.807) is 0 Å². The predicted molar refractivity (Wildman–Crippen MR) is 71.1 cm³/mol. The van der Waals surface area contributed by atoms with Crippen LogP contribution in [0.25, 0.3) is 0 Å². The Labute approximate surface area is 102 Å². The van der Waals surface area contributed by atoms with Gasteiger partial charge in [-0.05, 0) is 30.5 Å². The van der Waals surface area contributed by atoms with Gasteiger partial charge in [-0.15, -0.1) is 12.6 Å². The lowest BCUT2D eigenvalue weighted by atomic mass is 10.1. The molecule has 0 saturated carbocycles. The summed E-state index contributed by atoms with van der Waals surface area (Å²) in [6, 6.07) is 7.78. The first-order valence-corrected chi connectivity index (χ1v) is 5.70. The average Bonchev–Trinajstić information content (AvgIpc) is 2.26. The van der Waals surface area contributed by atoms with Gasteiger partial charge < -0.3 is 10.6 Å². The molecule has 0 unspecified atom stereocenters. The number of thiol groups is 1. The van der Waals surface area contributed by atoms with Gasteiger partial charge in [-0.25, -0.2) is 0 Å². The summed E-state index contributed by atoms with van der Waals surface area (Å²) in [6.07, 6.45) is 1.45. The maximum atomic E-state index is 10.8. The summed E-state index contributed by atoms with van der Waals surface area (Å²) in [5.41, 5.74) is 7.96. The van der Waals surface area contributed by atoms with Crippen LogP contribution in [0.5, 0.6) is 0 Å². The fourth-order valence-corrected chi connectivity index (χ4v) is 1.54. The third-order valence-electron chi connectivity index (χ3n) is 2.51. The standard InChI is InChI=1S/C12H18N2OS/c1-14(2)10-6-3-9(4-7-10)5-8-11(13)12(15)16/h3-4,6-7,11H,5,8,13H2,1-2H3,(H,15,16)/t11-/m1/s1. The van der Waals surface area contributed by atoms with E-state index in [-0.39, 0.29) is 5.12 Å². The molecule has 0 spiro atoms. The highest BCUT2D eigenvalue weighted by molar-refractivity contribution is 7.96. The van der Waals surface area contributed by atoms with Gasteiger partial charge in [0.2, 0.25) is 5.12 Å². The summed E-state index contributed by atoms with van der Waals surface area (Å²) in [7, 11) is 4.01. The first kappa shape index (κ1) is 13.1. The van der Waals surface area contributed by atoms with Crippen molar-refractivity contribution in [3.63, 3.8) is 0 Å². The molecule has 0 fully saturated rings. The molecule has 2 N–H and O–H groups in total. The maximum Gasteiger partial charge on any atom is 0.202 e. The van der Waals surface area contributed by atoms with E-state index >= 15 is 0 Å². The quantitative estimate of drug-likeness (QED) is 0.764. The van der Waals surface area contributed by atoms with Crippen molar-refractivity contribution >= 4 is 23.4 Å². The Balaban J connectivity index is 2.52. The van der Waals surface area contributed by atoms with Crippen molar-refractivity contribution in [2.24, 2.45) is 5.73 Å². The largest absolute Gasteiger partial charge is 0.378 e. The molecule has 88 valence electrons. The van der Waals surface area contributed by atoms with E-state index in [4.69, 9.17) is 5.73 Å². The van der Waals surface area contributed by atoms with Crippen LogP contribution < -0.4 is 10.6 Å². The molecule has 0 saturated heterocycles. The number of hydrogen-bond donors (Lipinski definition) is 2. The molecule has 16 heavy (non-hydrogen) atoms. The summed E-state index contributed by atoms with van der Waals surface area (Å²) in [4.78, 5) is 12.9. The second-order valence-electron chi connectivity index (χ2n) is 4.04. The zero-order valence-electron chi connectivity index (χ0n) is 9.68. The molecule has 0 amide bonds. The fraction of sp³-hybridized carbons (Fsp3) is 0.417. The van der Waals surface area contributed by atoms with Crippen molar-refractivity contribution in [2.75, 3.05) is 19.0 Å². The molecule has 3 nitrogen and oxygen atoms in total. The number of rotatable bonds is 5. The van der Waals surface area contributed by atoms with E-state index in [1.807, 2.05) is 19.0 Å². The zero-order chi connectivity index (χ0) is 12.1. The molecule has 4 heteroatoms. The van der Waals surface area contributed by atoms with E-state index in [9.17, 15) is 4.79 Å². The molecule has 1 rings (SSSR count). The highest BCUT2D eigenvalue weighted by Crippen LogP contribution is 2.13. The van der Waals surface area contributed by atoms with Crippen LogP contribution in [0, 0.1) is 0 Å². The van der Waals surface area contributed by atoms with Crippen molar-refractivity contribution < 1.29 is 4.79 Å². The smallest absolute Gasteiger partial charge is 0.202 e. The summed E-state index contributed by atoms with van der Waals surface area (Å²) < 4.78 is 0.